The minimum Gasteiger partial charge on any atom is -0.462 e. The number of aliphatic hydroxyl groups excluding tert-OH is 1. The van der Waals surface area contributed by atoms with E-state index in [1.165, 1.54) is 0 Å². The lowest BCUT2D eigenvalue weighted by Crippen LogP contribution is -2.68. The topological polar surface area (TPSA) is 87.0 Å². The zero-order valence-corrected chi connectivity index (χ0v) is 16.1. The van der Waals surface area contributed by atoms with Gasteiger partial charge in [0, 0.05) is 18.3 Å². The summed E-state index contributed by atoms with van der Waals surface area (Å²) in [4.78, 5) is 11.9. The number of aliphatic hydroxyl groups is 3. The van der Waals surface area contributed by atoms with Crippen LogP contribution in [0.5, 0.6) is 0 Å². The van der Waals surface area contributed by atoms with E-state index in [2.05, 4.69) is 6.92 Å². The van der Waals surface area contributed by atoms with Crippen molar-refractivity contribution in [3.8, 4) is 0 Å². The maximum atomic E-state index is 11.9. The fraction of sp³-hybridized carbons (Fsp3) is 0.952. The highest BCUT2D eigenvalue weighted by Gasteiger charge is 2.66. The van der Waals surface area contributed by atoms with Gasteiger partial charge in [-0.05, 0) is 69.1 Å². The average Bonchev–Trinajstić information content (AvgIpc) is 2.92. The molecule has 8 atom stereocenters. The van der Waals surface area contributed by atoms with Crippen LogP contribution in [0, 0.1) is 23.2 Å². The Hall–Kier alpha value is -0.650. The van der Waals surface area contributed by atoms with E-state index in [-0.39, 0.29) is 23.4 Å². The lowest BCUT2D eigenvalue weighted by atomic mass is 9.47. The Labute approximate surface area is 156 Å². The molecule has 0 saturated heterocycles. The molecule has 0 aromatic heterocycles. The van der Waals surface area contributed by atoms with Crippen LogP contribution < -0.4 is 0 Å². The van der Waals surface area contributed by atoms with Gasteiger partial charge in [0.05, 0.1) is 17.3 Å². The van der Waals surface area contributed by atoms with Crippen LogP contribution in [-0.4, -0.2) is 44.7 Å². The van der Waals surface area contributed by atoms with Gasteiger partial charge in [-0.15, -0.1) is 0 Å². The smallest absolute Gasteiger partial charge is 0.305 e. The predicted molar refractivity (Wildman–Crippen MR) is 96.2 cm³/mol. The number of fused-ring (bicyclic) bond motifs is 5. The van der Waals surface area contributed by atoms with Crippen molar-refractivity contribution in [3.05, 3.63) is 0 Å². The second-order valence-corrected chi connectivity index (χ2v) is 9.72. The fourth-order valence-corrected chi connectivity index (χ4v) is 7.21. The summed E-state index contributed by atoms with van der Waals surface area (Å²) in [6.07, 6.45) is 6.47. The molecule has 4 aliphatic carbocycles. The Bertz CT molecular complexity index is 579. The molecule has 0 spiro atoms. The molecule has 0 heterocycles. The van der Waals surface area contributed by atoms with Gasteiger partial charge in [-0.2, -0.15) is 0 Å². The second kappa shape index (κ2) is 6.18. The highest BCUT2D eigenvalue weighted by Crippen LogP contribution is 2.64. The zero-order valence-electron chi connectivity index (χ0n) is 16.1. The average molecular weight is 366 g/mol. The van der Waals surface area contributed by atoms with Crippen molar-refractivity contribution >= 4 is 5.97 Å². The lowest BCUT2D eigenvalue weighted by Gasteiger charge is -2.62. The molecule has 5 nitrogen and oxygen atoms in total. The van der Waals surface area contributed by atoms with E-state index in [1.807, 2.05) is 6.92 Å². The summed E-state index contributed by atoms with van der Waals surface area (Å²) in [6, 6.07) is 0. The molecule has 0 amide bonds. The third-order valence-corrected chi connectivity index (χ3v) is 8.66. The van der Waals surface area contributed by atoms with Crippen LogP contribution in [-0.2, 0) is 9.53 Å². The molecular weight excluding hydrogens is 332 g/mol. The normalized spacial score (nSPS) is 53.3. The second-order valence-electron chi connectivity index (χ2n) is 9.72. The van der Waals surface area contributed by atoms with Gasteiger partial charge in [0.15, 0.2) is 0 Å². The van der Waals surface area contributed by atoms with Gasteiger partial charge in [0.2, 0.25) is 0 Å². The van der Waals surface area contributed by atoms with Crippen molar-refractivity contribution in [1.29, 1.82) is 0 Å². The Morgan fingerprint density at radius 3 is 2.54 bits per heavy atom. The van der Waals surface area contributed by atoms with E-state index in [0.717, 1.165) is 32.1 Å². The number of carbonyl (C=O) groups excluding carboxylic acids is 1. The molecule has 26 heavy (non-hydrogen) atoms. The first-order valence-electron chi connectivity index (χ1n) is 10.6. The van der Waals surface area contributed by atoms with Crippen molar-refractivity contribution in [2.45, 2.75) is 101 Å². The molecule has 148 valence electrons. The van der Waals surface area contributed by atoms with Gasteiger partial charge < -0.3 is 20.1 Å². The molecular formula is C21H34O5. The number of carbonyl (C=O) groups is 1. The zero-order chi connectivity index (χ0) is 18.7. The van der Waals surface area contributed by atoms with Crippen molar-refractivity contribution in [2.24, 2.45) is 23.2 Å². The first-order chi connectivity index (χ1) is 12.2. The van der Waals surface area contributed by atoms with E-state index in [1.54, 1.807) is 0 Å². The number of hydrogen-bond acceptors (Lipinski definition) is 5. The Balaban J connectivity index is 1.58. The number of hydrogen-bond donors (Lipinski definition) is 3. The van der Waals surface area contributed by atoms with Gasteiger partial charge in [-0.3, -0.25) is 4.79 Å². The molecule has 0 radical (unpaired) electrons. The molecule has 0 aromatic rings. The van der Waals surface area contributed by atoms with Gasteiger partial charge >= 0.3 is 5.97 Å². The quantitative estimate of drug-likeness (QED) is 0.654. The highest BCUT2D eigenvalue weighted by molar-refractivity contribution is 5.69. The summed E-state index contributed by atoms with van der Waals surface area (Å²) in [5.74, 6) is 0.792. The van der Waals surface area contributed by atoms with E-state index in [4.69, 9.17) is 4.74 Å². The minimum absolute atomic E-state index is 0.00794. The van der Waals surface area contributed by atoms with Crippen LogP contribution in [0.4, 0.5) is 0 Å². The SMILES string of the molecule is CCC(=O)O[C@H]1CC[C@H]2[C@@H]3CC[C@@]4(O)C[C@@H](O)CC[C@]4(O)[C@H]3CC[C@]12C. The van der Waals surface area contributed by atoms with Crippen LogP contribution in [0.25, 0.3) is 0 Å². The Morgan fingerprint density at radius 1 is 1.04 bits per heavy atom. The Kier molecular flexibility index (Phi) is 4.44. The molecule has 5 heteroatoms. The summed E-state index contributed by atoms with van der Waals surface area (Å²) in [7, 11) is 0. The number of esters is 1. The largest absolute Gasteiger partial charge is 0.462 e. The maximum Gasteiger partial charge on any atom is 0.305 e. The minimum atomic E-state index is -1.15. The molecule has 3 N–H and O–H groups in total. The standard InChI is InChI=1S/C21H34O5/c1-3-18(23)26-17-5-4-15-14-7-10-20(24)12-13(22)6-11-21(20,25)16(14)8-9-19(15,17)2/h13-17,22,24-25H,3-12H2,1-2H3/t13-,14-,15-,16-,17-,19-,20+,21-/m0/s1. The van der Waals surface area contributed by atoms with Crippen LogP contribution >= 0.6 is 0 Å². The molecule has 4 rings (SSSR count). The van der Waals surface area contributed by atoms with E-state index in [9.17, 15) is 20.1 Å². The first kappa shape index (κ1) is 18.7. The highest BCUT2D eigenvalue weighted by atomic mass is 16.5. The van der Waals surface area contributed by atoms with E-state index < -0.39 is 17.3 Å². The summed E-state index contributed by atoms with van der Waals surface area (Å²) in [5, 5.41) is 32.8. The molecule has 0 aliphatic heterocycles. The van der Waals surface area contributed by atoms with Gasteiger partial charge in [0.25, 0.3) is 0 Å². The van der Waals surface area contributed by atoms with Crippen LogP contribution in [0.1, 0.15) is 78.1 Å². The molecule has 4 aliphatic rings. The van der Waals surface area contributed by atoms with E-state index in [0.29, 0.717) is 43.9 Å². The molecule has 0 unspecified atom stereocenters. The summed E-state index contributed by atoms with van der Waals surface area (Å²) in [6.45, 7) is 4.10. The Morgan fingerprint density at radius 2 is 1.81 bits per heavy atom. The summed E-state index contributed by atoms with van der Waals surface area (Å²) < 4.78 is 5.79. The molecule has 4 saturated carbocycles. The van der Waals surface area contributed by atoms with Crippen LogP contribution in [0.2, 0.25) is 0 Å². The van der Waals surface area contributed by atoms with Crippen LogP contribution in [0.3, 0.4) is 0 Å². The fourth-order valence-electron chi connectivity index (χ4n) is 7.21. The van der Waals surface area contributed by atoms with Gasteiger partial charge in [0.1, 0.15) is 6.10 Å². The monoisotopic (exact) mass is 366 g/mol. The van der Waals surface area contributed by atoms with Crippen molar-refractivity contribution < 1.29 is 24.9 Å². The van der Waals surface area contributed by atoms with Crippen LogP contribution in [0.15, 0.2) is 0 Å². The van der Waals surface area contributed by atoms with Gasteiger partial charge in [-0.1, -0.05) is 13.8 Å². The van der Waals surface area contributed by atoms with Crippen molar-refractivity contribution in [3.63, 3.8) is 0 Å². The lowest BCUT2D eigenvalue weighted by molar-refractivity contribution is -0.266. The summed E-state index contributed by atoms with van der Waals surface area (Å²) >= 11 is 0. The third-order valence-electron chi connectivity index (χ3n) is 8.66. The molecule has 0 bridgehead atoms. The van der Waals surface area contributed by atoms with Crippen molar-refractivity contribution in [1.82, 2.24) is 0 Å². The number of rotatable bonds is 2. The maximum absolute atomic E-state index is 11.9. The molecule has 0 aromatic carbocycles. The summed E-state index contributed by atoms with van der Waals surface area (Å²) in [5.41, 5.74) is -2.23. The molecule has 4 fully saturated rings. The number of ether oxygens (including phenoxy) is 1. The van der Waals surface area contributed by atoms with Gasteiger partial charge in [-0.25, -0.2) is 0 Å². The first-order valence-corrected chi connectivity index (χ1v) is 10.6. The van der Waals surface area contributed by atoms with Crippen molar-refractivity contribution in [2.75, 3.05) is 0 Å². The van der Waals surface area contributed by atoms with E-state index >= 15 is 0 Å². The third kappa shape index (κ3) is 2.50. The predicted octanol–water partition coefficient (Wildman–Crippen LogP) is 2.55.